The molecule has 0 radical (unpaired) electrons. The summed E-state index contributed by atoms with van der Waals surface area (Å²) in [6, 6.07) is 52.3. The number of hydrogen-bond acceptors (Lipinski definition) is 1. The monoisotopic (exact) mass is 621 g/mol. The standard InChI is InChI=1S/C45H39N3/c1-44(2)39-26-16-25-37(31-17-8-5-9-18-31)41(39)38-28-27-34(29-40(38)45(44,3)4)36-24-15-14-23-35(36)30-47-43(33-21-12-7-13-22-33)48-42(46)32-19-10-6-11-20-32/h5-30,46H,1-4H3/b46-42?,47-30+,48-43-. The molecule has 0 fully saturated rings. The molecule has 1 N–H and O–H groups in total. The first kappa shape index (κ1) is 31.0. The molecule has 0 saturated carbocycles. The van der Waals surface area contributed by atoms with Crippen molar-refractivity contribution in [1.82, 2.24) is 0 Å². The van der Waals surface area contributed by atoms with Crippen molar-refractivity contribution in [2.24, 2.45) is 9.98 Å². The molecular weight excluding hydrogens is 583 g/mol. The third kappa shape index (κ3) is 5.52. The molecular formula is C45H39N3. The summed E-state index contributed by atoms with van der Waals surface area (Å²) >= 11 is 0. The maximum atomic E-state index is 8.69. The number of amidine groups is 2. The van der Waals surface area contributed by atoms with Crippen LogP contribution in [0.1, 0.15) is 55.5 Å². The number of aliphatic imine (C=N–C) groups is 2. The molecule has 0 atom stereocenters. The summed E-state index contributed by atoms with van der Waals surface area (Å²) in [5.41, 5.74) is 12.5. The van der Waals surface area contributed by atoms with Crippen molar-refractivity contribution in [2.45, 2.75) is 38.5 Å². The molecule has 0 aliphatic heterocycles. The van der Waals surface area contributed by atoms with Crippen LogP contribution in [0.3, 0.4) is 0 Å². The van der Waals surface area contributed by atoms with E-state index in [0.29, 0.717) is 5.84 Å². The highest BCUT2D eigenvalue weighted by Crippen LogP contribution is 2.56. The highest BCUT2D eigenvalue weighted by atomic mass is 14.9. The molecule has 234 valence electrons. The summed E-state index contributed by atoms with van der Waals surface area (Å²) < 4.78 is 0. The molecule has 0 heterocycles. The van der Waals surface area contributed by atoms with Gasteiger partial charge >= 0.3 is 0 Å². The fourth-order valence-electron chi connectivity index (χ4n) is 6.87. The molecule has 48 heavy (non-hydrogen) atoms. The lowest BCUT2D eigenvalue weighted by Gasteiger charge is -2.49. The zero-order valence-electron chi connectivity index (χ0n) is 27.9. The van der Waals surface area contributed by atoms with Crippen molar-refractivity contribution in [2.75, 3.05) is 0 Å². The Morgan fingerprint density at radius 1 is 0.521 bits per heavy atom. The van der Waals surface area contributed by atoms with Crippen LogP contribution in [0.2, 0.25) is 0 Å². The molecule has 3 heteroatoms. The normalized spacial score (nSPS) is 14.7. The van der Waals surface area contributed by atoms with Gasteiger partial charge in [-0.2, -0.15) is 0 Å². The minimum Gasteiger partial charge on any atom is -0.282 e. The van der Waals surface area contributed by atoms with Gasteiger partial charge in [0, 0.05) is 22.9 Å². The molecule has 0 saturated heterocycles. The second-order valence-electron chi connectivity index (χ2n) is 13.5. The highest BCUT2D eigenvalue weighted by Gasteiger charge is 2.46. The molecule has 0 amide bonds. The Labute approximate surface area is 283 Å². The van der Waals surface area contributed by atoms with E-state index in [1.54, 1.807) is 0 Å². The average molecular weight is 622 g/mol. The smallest absolute Gasteiger partial charge is 0.161 e. The third-order valence-electron chi connectivity index (χ3n) is 10.2. The maximum Gasteiger partial charge on any atom is 0.161 e. The molecule has 3 nitrogen and oxygen atoms in total. The Hall–Kier alpha value is -5.67. The van der Waals surface area contributed by atoms with Gasteiger partial charge in [0.25, 0.3) is 0 Å². The van der Waals surface area contributed by atoms with Gasteiger partial charge < -0.3 is 0 Å². The second kappa shape index (κ2) is 12.5. The number of hydrogen-bond donors (Lipinski definition) is 1. The van der Waals surface area contributed by atoms with E-state index in [-0.39, 0.29) is 16.7 Å². The van der Waals surface area contributed by atoms with E-state index in [4.69, 9.17) is 10.4 Å². The summed E-state index contributed by atoms with van der Waals surface area (Å²) in [5, 5.41) is 8.69. The zero-order chi connectivity index (χ0) is 33.3. The Bertz CT molecular complexity index is 2170. The predicted octanol–water partition coefficient (Wildman–Crippen LogP) is 11.1. The van der Waals surface area contributed by atoms with Gasteiger partial charge in [-0.05, 0) is 61.4 Å². The lowest BCUT2D eigenvalue weighted by atomic mass is 9.54. The highest BCUT2D eigenvalue weighted by molar-refractivity contribution is 6.13. The van der Waals surface area contributed by atoms with Gasteiger partial charge in [0.1, 0.15) is 0 Å². The average Bonchev–Trinajstić information content (AvgIpc) is 3.13. The van der Waals surface area contributed by atoms with Gasteiger partial charge in [-0.25, -0.2) is 9.98 Å². The zero-order valence-corrected chi connectivity index (χ0v) is 27.9. The molecule has 1 aliphatic rings. The van der Waals surface area contributed by atoms with Gasteiger partial charge in [-0.15, -0.1) is 0 Å². The van der Waals surface area contributed by atoms with Crippen LogP contribution >= 0.6 is 0 Å². The first-order valence-electron chi connectivity index (χ1n) is 16.5. The quantitative estimate of drug-likeness (QED) is 0.147. The lowest BCUT2D eigenvalue weighted by molar-refractivity contribution is 0.299. The topological polar surface area (TPSA) is 48.6 Å². The van der Waals surface area contributed by atoms with Gasteiger partial charge in [-0.3, -0.25) is 5.41 Å². The summed E-state index contributed by atoms with van der Waals surface area (Å²) in [6.07, 6.45) is 1.89. The largest absolute Gasteiger partial charge is 0.282 e. The lowest BCUT2D eigenvalue weighted by Crippen LogP contribution is -2.43. The number of fused-ring (bicyclic) bond motifs is 3. The number of nitrogens with one attached hydrogen (secondary N) is 1. The SMILES string of the molecule is CC1(C)c2cc(-c3ccccc3/C=N/C(=N\C(=N)c3ccccc3)c3ccccc3)ccc2-c2c(-c3ccccc3)cccc2C1(C)C. The van der Waals surface area contributed by atoms with Crippen molar-refractivity contribution in [1.29, 1.82) is 5.41 Å². The van der Waals surface area contributed by atoms with E-state index in [9.17, 15) is 0 Å². The van der Waals surface area contributed by atoms with Crippen LogP contribution in [-0.4, -0.2) is 17.9 Å². The van der Waals surface area contributed by atoms with Gasteiger partial charge in [0.05, 0.1) is 0 Å². The van der Waals surface area contributed by atoms with Crippen molar-refractivity contribution in [3.8, 4) is 33.4 Å². The van der Waals surface area contributed by atoms with E-state index >= 15 is 0 Å². The molecule has 6 aromatic carbocycles. The minimum absolute atomic E-state index is 0.107. The molecule has 1 aliphatic carbocycles. The van der Waals surface area contributed by atoms with Crippen molar-refractivity contribution >= 4 is 17.9 Å². The molecule has 0 bridgehead atoms. The van der Waals surface area contributed by atoms with E-state index < -0.39 is 0 Å². The summed E-state index contributed by atoms with van der Waals surface area (Å²) in [4.78, 5) is 9.60. The van der Waals surface area contributed by atoms with Crippen LogP contribution in [-0.2, 0) is 10.8 Å². The molecule has 0 unspecified atom stereocenters. The first-order valence-corrected chi connectivity index (χ1v) is 16.5. The van der Waals surface area contributed by atoms with Crippen LogP contribution in [0.15, 0.2) is 162 Å². The Morgan fingerprint density at radius 3 is 1.81 bits per heavy atom. The van der Waals surface area contributed by atoms with Crippen LogP contribution in [0.25, 0.3) is 33.4 Å². The minimum atomic E-state index is -0.130. The summed E-state index contributed by atoms with van der Waals surface area (Å²) in [5.74, 6) is 0.673. The van der Waals surface area contributed by atoms with Gasteiger partial charge in [0.2, 0.25) is 0 Å². The van der Waals surface area contributed by atoms with Crippen LogP contribution in [0.4, 0.5) is 0 Å². The van der Waals surface area contributed by atoms with Crippen molar-refractivity contribution in [3.63, 3.8) is 0 Å². The molecule has 0 spiro atoms. The summed E-state index contributed by atoms with van der Waals surface area (Å²) in [7, 11) is 0. The van der Waals surface area contributed by atoms with Gasteiger partial charge in [0.15, 0.2) is 11.7 Å². The second-order valence-corrected chi connectivity index (χ2v) is 13.5. The number of benzene rings is 6. The van der Waals surface area contributed by atoms with E-state index in [0.717, 1.165) is 27.8 Å². The molecule has 0 aromatic heterocycles. The number of rotatable bonds is 5. The van der Waals surface area contributed by atoms with E-state index in [2.05, 4.69) is 118 Å². The van der Waals surface area contributed by atoms with Crippen LogP contribution < -0.4 is 0 Å². The predicted molar refractivity (Wildman–Crippen MR) is 203 cm³/mol. The molecule has 7 rings (SSSR count). The third-order valence-corrected chi connectivity index (χ3v) is 10.2. The fourth-order valence-corrected chi connectivity index (χ4v) is 6.87. The van der Waals surface area contributed by atoms with E-state index in [1.807, 2.05) is 72.9 Å². The molecule has 6 aromatic rings. The van der Waals surface area contributed by atoms with Crippen LogP contribution in [0.5, 0.6) is 0 Å². The van der Waals surface area contributed by atoms with Crippen molar-refractivity contribution in [3.05, 3.63) is 179 Å². The summed E-state index contributed by atoms with van der Waals surface area (Å²) in [6.45, 7) is 9.53. The first-order chi connectivity index (χ1) is 23.3. The Kier molecular flexibility index (Phi) is 8.06. The van der Waals surface area contributed by atoms with E-state index in [1.165, 1.54) is 33.4 Å². The number of nitrogens with zero attached hydrogens (tertiary/aromatic N) is 2. The maximum absolute atomic E-state index is 8.69. The van der Waals surface area contributed by atoms with Gasteiger partial charge in [-0.1, -0.05) is 173 Å². The Balaban J connectivity index is 1.34. The fraction of sp³-hybridized carbons (Fsp3) is 0.133. The van der Waals surface area contributed by atoms with Crippen LogP contribution in [0, 0.1) is 5.41 Å². The van der Waals surface area contributed by atoms with Crippen molar-refractivity contribution < 1.29 is 0 Å². The Morgan fingerprint density at radius 2 is 1.10 bits per heavy atom.